The van der Waals surface area contributed by atoms with Crippen LogP contribution in [0.5, 0.6) is 5.75 Å². The molecule has 29 heavy (non-hydrogen) atoms. The number of hydrogen-bond donors (Lipinski definition) is 2. The predicted molar refractivity (Wildman–Crippen MR) is 107 cm³/mol. The first-order valence-corrected chi connectivity index (χ1v) is 11.0. The molecule has 0 aromatic heterocycles. The van der Waals surface area contributed by atoms with Crippen molar-refractivity contribution in [1.29, 1.82) is 0 Å². The van der Waals surface area contributed by atoms with Crippen LogP contribution in [0, 0.1) is 6.92 Å². The van der Waals surface area contributed by atoms with E-state index in [4.69, 9.17) is 9.47 Å². The highest BCUT2D eigenvalue weighted by Gasteiger charge is 2.25. The smallest absolute Gasteiger partial charge is 0.322 e. The van der Waals surface area contributed by atoms with Gasteiger partial charge in [-0.1, -0.05) is 29.8 Å². The molecule has 1 aliphatic heterocycles. The molecule has 1 unspecified atom stereocenters. The highest BCUT2D eigenvalue weighted by molar-refractivity contribution is 7.89. The van der Waals surface area contributed by atoms with Gasteiger partial charge in [-0.3, -0.25) is 4.79 Å². The third kappa shape index (κ3) is 6.03. The Balaban J connectivity index is 1.65. The van der Waals surface area contributed by atoms with Gasteiger partial charge in [-0.15, -0.1) is 0 Å². The average molecular weight is 419 g/mol. The van der Waals surface area contributed by atoms with Crippen LogP contribution in [0.1, 0.15) is 30.4 Å². The van der Waals surface area contributed by atoms with Gasteiger partial charge in [-0.05, 0) is 56.0 Å². The van der Waals surface area contributed by atoms with Crippen LogP contribution in [0.4, 0.5) is 0 Å². The Hall–Kier alpha value is -2.42. The molecule has 7 nitrogen and oxygen atoms in total. The van der Waals surface area contributed by atoms with E-state index in [0.29, 0.717) is 17.9 Å². The standard InChI is InChI=1S/C21H25NO6S/c1-15-5-11-18(12-6-15)29(25,26)22-19(21(23)24)14-16-7-9-17(10-8-16)28-20-4-2-3-13-27-20/h5-12,19-20,22H,2-4,13-14H2,1H3,(H,23,24)/t19-,20?/m0/s1. The largest absolute Gasteiger partial charge is 0.480 e. The Morgan fingerprint density at radius 1 is 1.17 bits per heavy atom. The van der Waals surface area contributed by atoms with Gasteiger partial charge >= 0.3 is 5.97 Å². The number of ether oxygens (including phenoxy) is 2. The van der Waals surface area contributed by atoms with E-state index in [2.05, 4.69) is 4.72 Å². The normalized spacial score (nSPS) is 18.2. The minimum absolute atomic E-state index is 0.0145. The Bertz CT molecular complexity index is 919. The zero-order chi connectivity index (χ0) is 20.9. The fourth-order valence-electron chi connectivity index (χ4n) is 3.05. The van der Waals surface area contributed by atoms with E-state index in [-0.39, 0.29) is 17.6 Å². The Labute approximate surface area is 170 Å². The summed E-state index contributed by atoms with van der Waals surface area (Å²) < 4.78 is 38.6. The lowest BCUT2D eigenvalue weighted by Crippen LogP contribution is -2.42. The van der Waals surface area contributed by atoms with Crippen molar-refractivity contribution in [1.82, 2.24) is 4.72 Å². The van der Waals surface area contributed by atoms with Crippen LogP contribution in [0.25, 0.3) is 0 Å². The van der Waals surface area contributed by atoms with E-state index in [9.17, 15) is 18.3 Å². The molecule has 2 aromatic carbocycles. The first kappa shape index (κ1) is 21.3. The van der Waals surface area contributed by atoms with Gasteiger partial charge in [0.15, 0.2) is 6.29 Å². The number of sulfonamides is 1. The molecule has 1 fully saturated rings. The number of aliphatic carboxylic acids is 1. The number of rotatable bonds is 8. The number of carboxylic acid groups (broad SMARTS) is 1. The molecule has 0 saturated carbocycles. The maximum Gasteiger partial charge on any atom is 0.322 e. The molecule has 0 spiro atoms. The summed E-state index contributed by atoms with van der Waals surface area (Å²) in [4.78, 5) is 11.7. The second-order valence-corrected chi connectivity index (χ2v) is 8.80. The Morgan fingerprint density at radius 2 is 1.86 bits per heavy atom. The van der Waals surface area contributed by atoms with Crippen molar-refractivity contribution >= 4 is 16.0 Å². The third-order valence-electron chi connectivity index (χ3n) is 4.70. The molecule has 156 valence electrons. The molecule has 2 atom stereocenters. The van der Waals surface area contributed by atoms with Crippen LogP contribution in [0.3, 0.4) is 0 Å². The van der Waals surface area contributed by atoms with E-state index < -0.39 is 22.0 Å². The molecule has 0 aliphatic carbocycles. The molecule has 2 N–H and O–H groups in total. The second-order valence-electron chi connectivity index (χ2n) is 7.09. The maximum absolute atomic E-state index is 12.5. The summed E-state index contributed by atoms with van der Waals surface area (Å²) in [5.74, 6) is -0.607. The second kappa shape index (κ2) is 9.39. The highest BCUT2D eigenvalue weighted by atomic mass is 32.2. The van der Waals surface area contributed by atoms with Gasteiger partial charge in [0.25, 0.3) is 0 Å². The molecule has 0 bridgehead atoms. The predicted octanol–water partition coefficient (Wildman–Crippen LogP) is 2.87. The fraction of sp³-hybridized carbons (Fsp3) is 0.381. The van der Waals surface area contributed by atoms with Crippen LogP contribution < -0.4 is 9.46 Å². The summed E-state index contributed by atoms with van der Waals surface area (Å²) in [5.41, 5.74) is 1.60. The average Bonchev–Trinajstić information content (AvgIpc) is 2.70. The molecule has 3 rings (SSSR count). The van der Waals surface area contributed by atoms with E-state index in [1.54, 1.807) is 36.4 Å². The van der Waals surface area contributed by atoms with Gasteiger partial charge in [-0.2, -0.15) is 4.72 Å². The van der Waals surface area contributed by atoms with Crippen molar-refractivity contribution in [3.63, 3.8) is 0 Å². The molecule has 0 radical (unpaired) electrons. The minimum Gasteiger partial charge on any atom is -0.480 e. The summed E-state index contributed by atoms with van der Waals surface area (Å²) in [7, 11) is -3.94. The minimum atomic E-state index is -3.94. The zero-order valence-corrected chi connectivity index (χ0v) is 17.0. The molecule has 1 saturated heterocycles. The van der Waals surface area contributed by atoms with Gasteiger partial charge in [0.2, 0.25) is 10.0 Å². The molecule has 2 aromatic rings. The Kier molecular flexibility index (Phi) is 6.89. The number of aryl methyl sites for hydroxylation is 1. The molecular formula is C21H25NO6S. The highest BCUT2D eigenvalue weighted by Crippen LogP contribution is 2.20. The van der Waals surface area contributed by atoms with Crippen molar-refractivity contribution < 1.29 is 27.8 Å². The summed E-state index contributed by atoms with van der Waals surface area (Å²) >= 11 is 0. The molecule has 1 aliphatic rings. The van der Waals surface area contributed by atoms with Gasteiger partial charge in [0, 0.05) is 6.42 Å². The van der Waals surface area contributed by atoms with Crippen molar-refractivity contribution in [3.05, 3.63) is 59.7 Å². The van der Waals surface area contributed by atoms with E-state index in [1.165, 1.54) is 12.1 Å². The lowest BCUT2D eigenvalue weighted by Gasteiger charge is -2.23. The third-order valence-corrected chi connectivity index (χ3v) is 6.18. The van der Waals surface area contributed by atoms with E-state index in [1.807, 2.05) is 6.92 Å². The van der Waals surface area contributed by atoms with Gasteiger partial charge in [0.05, 0.1) is 11.5 Å². The molecule has 1 heterocycles. The van der Waals surface area contributed by atoms with Crippen LogP contribution in [-0.2, 0) is 26.0 Å². The molecule has 8 heteroatoms. The van der Waals surface area contributed by atoms with Gasteiger partial charge in [0.1, 0.15) is 11.8 Å². The SMILES string of the molecule is Cc1ccc(S(=O)(=O)N[C@@H](Cc2ccc(OC3CCCCO3)cc2)C(=O)O)cc1. The van der Waals surface area contributed by atoms with Crippen LogP contribution in [0.15, 0.2) is 53.4 Å². The number of hydrogen-bond acceptors (Lipinski definition) is 5. The summed E-state index contributed by atoms with van der Waals surface area (Å²) in [6, 6.07) is 11.9. The summed E-state index contributed by atoms with van der Waals surface area (Å²) in [6.45, 7) is 2.53. The summed E-state index contributed by atoms with van der Waals surface area (Å²) in [5, 5.41) is 9.49. The number of nitrogens with one attached hydrogen (secondary N) is 1. The molecular weight excluding hydrogens is 394 g/mol. The van der Waals surface area contributed by atoms with Crippen molar-refractivity contribution in [3.8, 4) is 5.75 Å². The van der Waals surface area contributed by atoms with Crippen molar-refractivity contribution in [2.75, 3.05) is 6.61 Å². The number of carboxylic acids is 1. The first-order chi connectivity index (χ1) is 13.8. The molecule has 0 amide bonds. The fourth-order valence-corrected chi connectivity index (χ4v) is 4.24. The van der Waals surface area contributed by atoms with Crippen LogP contribution in [0.2, 0.25) is 0 Å². The van der Waals surface area contributed by atoms with Gasteiger partial charge < -0.3 is 14.6 Å². The van der Waals surface area contributed by atoms with Crippen LogP contribution in [-0.4, -0.2) is 38.4 Å². The van der Waals surface area contributed by atoms with Crippen LogP contribution >= 0.6 is 0 Å². The quantitative estimate of drug-likeness (QED) is 0.682. The van der Waals surface area contributed by atoms with Crippen molar-refractivity contribution in [2.24, 2.45) is 0 Å². The topological polar surface area (TPSA) is 102 Å². The number of carbonyl (C=O) groups is 1. The lowest BCUT2D eigenvalue weighted by atomic mass is 10.1. The summed E-state index contributed by atoms with van der Waals surface area (Å²) in [6.07, 6.45) is 2.69. The number of benzene rings is 2. The van der Waals surface area contributed by atoms with E-state index in [0.717, 1.165) is 24.8 Å². The van der Waals surface area contributed by atoms with E-state index >= 15 is 0 Å². The lowest BCUT2D eigenvalue weighted by molar-refractivity contribution is -0.138. The Morgan fingerprint density at radius 3 is 2.45 bits per heavy atom. The zero-order valence-electron chi connectivity index (χ0n) is 16.2. The van der Waals surface area contributed by atoms with Gasteiger partial charge in [-0.25, -0.2) is 8.42 Å². The maximum atomic E-state index is 12.5. The first-order valence-electron chi connectivity index (χ1n) is 9.52. The van der Waals surface area contributed by atoms with Crippen molar-refractivity contribution in [2.45, 2.75) is 49.8 Å². The monoisotopic (exact) mass is 419 g/mol.